The Bertz CT molecular complexity index is 2060. The summed E-state index contributed by atoms with van der Waals surface area (Å²) in [5, 5.41) is 0. The fraction of sp³-hybridized carbons (Fsp3) is 0.356. The maximum atomic E-state index is 6.86. The van der Waals surface area contributed by atoms with E-state index in [0.29, 0.717) is 5.88 Å². The van der Waals surface area contributed by atoms with Gasteiger partial charge in [0.05, 0.1) is 0 Å². The van der Waals surface area contributed by atoms with Gasteiger partial charge in [-0.1, -0.05) is 128 Å². The Morgan fingerprint density at radius 1 is 0.531 bits per heavy atom. The molecule has 49 heavy (non-hydrogen) atoms. The van der Waals surface area contributed by atoms with Crippen molar-refractivity contribution in [2.75, 3.05) is 0 Å². The molecule has 0 saturated heterocycles. The van der Waals surface area contributed by atoms with Crippen LogP contribution < -0.4 is 25.9 Å². The Balaban J connectivity index is 1.21. The molecular weight excluding hydrogens is 597 g/mol. The van der Waals surface area contributed by atoms with Crippen LogP contribution >= 0.6 is 0 Å². The van der Waals surface area contributed by atoms with Crippen LogP contribution in [0.15, 0.2) is 85.1 Å². The zero-order chi connectivity index (χ0) is 34.1. The van der Waals surface area contributed by atoms with Gasteiger partial charge in [0.15, 0.2) is 0 Å². The Hall–Kier alpha value is -4.31. The number of hydrogen-bond donors (Lipinski definition) is 0. The highest BCUT2D eigenvalue weighted by Gasteiger charge is 2.43. The molecular formula is C45H46BNO2. The molecule has 0 atom stereocenters. The van der Waals surface area contributed by atoms with Crippen molar-refractivity contribution in [3.63, 3.8) is 0 Å². The number of aromatic nitrogens is 1. The van der Waals surface area contributed by atoms with Crippen molar-refractivity contribution in [1.82, 2.24) is 4.98 Å². The van der Waals surface area contributed by atoms with Crippen LogP contribution in [0.3, 0.4) is 0 Å². The summed E-state index contributed by atoms with van der Waals surface area (Å²) >= 11 is 0. The maximum absolute atomic E-state index is 6.86. The summed E-state index contributed by atoms with van der Waals surface area (Å²) in [6, 6.07) is 29.5. The van der Waals surface area contributed by atoms with Gasteiger partial charge < -0.3 is 9.47 Å². The second-order valence-corrected chi connectivity index (χ2v) is 17.7. The highest BCUT2D eigenvalue weighted by molar-refractivity contribution is 6.98. The first-order chi connectivity index (χ1) is 23.3. The summed E-state index contributed by atoms with van der Waals surface area (Å²) in [6.07, 6.45) is 6.59. The molecule has 4 aliphatic rings. The van der Waals surface area contributed by atoms with Gasteiger partial charge >= 0.3 is 0 Å². The predicted octanol–water partition coefficient (Wildman–Crippen LogP) is 9.84. The van der Waals surface area contributed by atoms with Crippen molar-refractivity contribution < 1.29 is 9.47 Å². The lowest BCUT2D eigenvalue weighted by Gasteiger charge is -2.42. The van der Waals surface area contributed by atoms with Gasteiger partial charge in [0.25, 0.3) is 6.71 Å². The van der Waals surface area contributed by atoms with Crippen LogP contribution in [0.4, 0.5) is 0 Å². The molecule has 4 aromatic carbocycles. The molecule has 1 aromatic heterocycles. The highest BCUT2D eigenvalue weighted by Crippen LogP contribution is 2.50. The molecule has 0 bridgehead atoms. The van der Waals surface area contributed by atoms with Gasteiger partial charge in [0.2, 0.25) is 5.88 Å². The zero-order valence-corrected chi connectivity index (χ0v) is 30.3. The van der Waals surface area contributed by atoms with Crippen molar-refractivity contribution in [3.05, 3.63) is 107 Å². The molecule has 5 aromatic rings. The van der Waals surface area contributed by atoms with Crippen LogP contribution in [0, 0.1) is 0 Å². The van der Waals surface area contributed by atoms with Gasteiger partial charge in [0.1, 0.15) is 17.2 Å². The predicted molar refractivity (Wildman–Crippen MR) is 203 cm³/mol. The molecule has 246 valence electrons. The van der Waals surface area contributed by atoms with E-state index in [1.165, 1.54) is 59.1 Å². The number of benzene rings is 4. The lowest BCUT2D eigenvalue weighted by Crippen LogP contribution is -2.57. The topological polar surface area (TPSA) is 31.4 Å². The smallest absolute Gasteiger partial charge is 0.262 e. The minimum Gasteiger partial charge on any atom is -0.458 e. The van der Waals surface area contributed by atoms with Gasteiger partial charge in [0, 0.05) is 22.8 Å². The maximum Gasteiger partial charge on any atom is 0.262 e. The van der Waals surface area contributed by atoms with E-state index in [4.69, 9.17) is 14.5 Å². The molecule has 9 rings (SSSR count). The molecule has 0 amide bonds. The van der Waals surface area contributed by atoms with E-state index in [1.807, 2.05) is 12.3 Å². The van der Waals surface area contributed by atoms with Crippen LogP contribution in [0.2, 0.25) is 0 Å². The van der Waals surface area contributed by atoms with E-state index in [-0.39, 0.29) is 28.4 Å². The van der Waals surface area contributed by atoms with Crippen molar-refractivity contribution in [2.45, 2.75) is 103 Å². The molecule has 0 unspecified atom stereocenters. The number of rotatable bonds is 2. The summed E-state index contributed by atoms with van der Waals surface area (Å²) in [6.45, 7) is 19.1. The molecule has 4 heteroatoms. The second-order valence-electron chi connectivity index (χ2n) is 17.7. The molecule has 2 aliphatic heterocycles. The first kappa shape index (κ1) is 30.7. The van der Waals surface area contributed by atoms with Gasteiger partial charge in [-0.2, -0.15) is 0 Å². The van der Waals surface area contributed by atoms with E-state index in [9.17, 15) is 0 Å². The number of ether oxygens (including phenoxy) is 2. The van der Waals surface area contributed by atoms with Gasteiger partial charge in [-0.3, -0.25) is 0 Å². The van der Waals surface area contributed by atoms with Crippen molar-refractivity contribution >= 4 is 23.1 Å². The standard InChI is InChI=1S/C45H46BNO2/c1-42(2)20-22-44(5,6)33-25-27(15-17-31(33)42)29-11-9-13-35-39(29)48-37-19-24-47-41-38(37)46(35)36-14-10-12-30(40(36)49-41)28-16-18-32-34(26-28)45(7,8)23-21-43(32,3)4/h9-19,24-26H,20-23H2,1-8H3. The van der Waals surface area contributed by atoms with Crippen molar-refractivity contribution in [3.8, 4) is 45.4 Å². The Kier molecular flexibility index (Phi) is 6.35. The molecule has 0 spiro atoms. The van der Waals surface area contributed by atoms with Crippen LogP contribution in [-0.4, -0.2) is 11.7 Å². The largest absolute Gasteiger partial charge is 0.458 e. The van der Waals surface area contributed by atoms with Crippen LogP contribution in [0.25, 0.3) is 22.3 Å². The molecule has 0 radical (unpaired) electrons. The number of hydrogen-bond acceptors (Lipinski definition) is 3. The lowest BCUT2D eigenvalue weighted by atomic mass is 9.35. The van der Waals surface area contributed by atoms with Crippen LogP contribution in [0.5, 0.6) is 23.1 Å². The fourth-order valence-electron chi connectivity index (χ4n) is 9.32. The highest BCUT2D eigenvalue weighted by atomic mass is 16.5. The number of fused-ring (bicyclic) bond motifs is 6. The summed E-state index contributed by atoms with van der Waals surface area (Å²) in [4.78, 5) is 4.79. The van der Waals surface area contributed by atoms with Gasteiger partial charge in [-0.15, -0.1) is 0 Å². The quantitative estimate of drug-likeness (QED) is 0.176. The fourth-order valence-corrected chi connectivity index (χ4v) is 9.32. The van der Waals surface area contributed by atoms with Gasteiger partial charge in [-0.05, 0) is 97.7 Å². The van der Waals surface area contributed by atoms with Gasteiger partial charge in [-0.25, -0.2) is 4.98 Å². The van der Waals surface area contributed by atoms with E-state index in [2.05, 4.69) is 128 Å². The SMILES string of the molecule is CC1(C)CCC(C)(C)c2cc(-c3cccc4c3Oc3ccnc5c3B4c3cccc(-c4ccc6c(c4)C(C)(C)CCC6(C)C)c3O5)ccc21. The van der Waals surface area contributed by atoms with Crippen LogP contribution in [0.1, 0.15) is 103 Å². The third-order valence-electron chi connectivity index (χ3n) is 12.7. The third-order valence-corrected chi connectivity index (χ3v) is 12.7. The number of pyridine rings is 1. The van der Waals surface area contributed by atoms with E-state index in [0.717, 1.165) is 44.8 Å². The zero-order valence-electron chi connectivity index (χ0n) is 30.3. The number of para-hydroxylation sites is 2. The molecule has 0 N–H and O–H groups in total. The first-order valence-corrected chi connectivity index (χ1v) is 18.2. The molecule has 2 aliphatic carbocycles. The molecule has 0 fully saturated rings. The van der Waals surface area contributed by atoms with Crippen molar-refractivity contribution in [2.24, 2.45) is 0 Å². The molecule has 3 nitrogen and oxygen atoms in total. The average molecular weight is 644 g/mol. The average Bonchev–Trinajstić information content (AvgIpc) is 3.08. The summed E-state index contributed by atoms with van der Waals surface area (Å²) in [5.41, 5.74) is 14.4. The molecule has 0 saturated carbocycles. The Morgan fingerprint density at radius 2 is 1.00 bits per heavy atom. The second kappa shape index (κ2) is 10.1. The van der Waals surface area contributed by atoms with Crippen molar-refractivity contribution in [1.29, 1.82) is 0 Å². The summed E-state index contributed by atoms with van der Waals surface area (Å²) in [7, 11) is 0. The van der Waals surface area contributed by atoms with Crippen LogP contribution in [-0.2, 0) is 21.7 Å². The first-order valence-electron chi connectivity index (χ1n) is 18.2. The number of nitrogens with zero attached hydrogens (tertiary/aromatic N) is 1. The summed E-state index contributed by atoms with van der Waals surface area (Å²) in [5.74, 6) is 3.29. The minimum atomic E-state index is -0.0490. The Morgan fingerprint density at radius 3 is 1.51 bits per heavy atom. The summed E-state index contributed by atoms with van der Waals surface area (Å²) < 4.78 is 13.7. The molecule has 3 heterocycles. The lowest BCUT2D eigenvalue weighted by molar-refractivity contribution is 0.332. The normalized spacial score (nSPS) is 19.6. The minimum absolute atomic E-state index is 0.0490. The van der Waals surface area contributed by atoms with E-state index < -0.39 is 0 Å². The third kappa shape index (κ3) is 4.52. The van der Waals surface area contributed by atoms with E-state index >= 15 is 0 Å². The Labute approximate surface area is 292 Å². The van der Waals surface area contributed by atoms with E-state index in [1.54, 1.807) is 0 Å². The monoisotopic (exact) mass is 643 g/mol.